The van der Waals surface area contributed by atoms with Gasteiger partial charge in [-0.3, -0.25) is 9.59 Å². The Morgan fingerprint density at radius 3 is 2.47 bits per heavy atom. The van der Waals surface area contributed by atoms with Crippen molar-refractivity contribution >= 4 is 22.7 Å². The maximum atomic E-state index is 12.6. The van der Waals surface area contributed by atoms with Gasteiger partial charge in [-0.25, -0.2) is 0 Å². The minimum atomic E-state index is -0.433. The minimum Gasteiger partial charge on any atom is -0.366 e. The molecule has 0 bridgehead atoms. The summed E-state index contributed by atoms with van der Waals surface area (Å²) >= 11 is 0. The molecule has 1 aliphatic carbocycles. The molecule has 0 spiro atoms. The van der Waals surface area contributed by atoms with Crippen LogP contribution in [0, 0.1) is 0 Å². The lowest BCUT2D eigenvalue weighted by atomic mass is 9.94. The first-order valence-corrected chi connectivity index (χ1v) is 11.5. The number of rotatable bonds is 8. The number of hydrogen-bond donors (Lipinski definition) is 2. The first kappa shape index (κ1) is 22.1. The lowest BCUT2D eigenvalue weighted by molar-refractivity contribution is -0.121. The largest absolute Gasteiger partial charge is 0.366 e. The van der Waals surface area contributed by atoms with Gasteiger partial charge in [0.15, 0.2) is 0 Å². The van der Waals surface area contributed by atoms with Gasteiger partial charge in [-0.1, -0.05) is 43.5 Å². The number of hydrogen-bond acceptors (Lipinski definition) is 3. The van der Waals surface area contributed by atoms with Gasteiger partial charge in [0.05, 0.1) is 0 Å². The predicted molar refractivity (Wildman–Crippen MR) is 128 cm³/mol. The zero-order chi connectivity index (χ0) is 22.5. The summed E-state index contributed by atoms with van der Waals surface area (Å²) in [4.78, 5) is 26.3. The van der Waals surface area contributed by atoms with Crippen LogP contribution >= 0.6 is 0 Å². The average molecular weight is 433 g/mol. The summed E-state index contributed by atoms with van der Waals surface area (Å²) in [6.07, 6.45) is 8.49. The second-order valence-electron chi connectivity index (χ2n) is 8.78. The molecule has 0 saturated heterocycles. The summed E-state index contributed by atoms with van der Waals surface area (Å²) in [5.41, 5.74) is 8.87. The molecule has 6 nitrogen and oxygen atoms in total. The van der Waals surface area contributed by atoms with Crippen molar-refractivity contribution in [1.82, 2.24) is 14.8 Å². The molecule has 0 unspecified atom stereocenters. The van der Waals surface area contributed by atoms with Crippen LogP contribution in [0.3, 0.4) is 0 Å². The number of primary amides is 1. The quantitative estimate of drug-likeness (QED) is 0.568. The Bertz CT molecular complexity index is 1080. The van der Waals surface area contributed by atoms with Crippen LogP contribution in [0.1, 0.15) is 42.5 Å². The van der Waals surface area contributed by atoms with Gasteiger partial charge in [0.1, 0.15) is 6.54 Å². The zero-order valence-corrected chi connectivity index (χ0v) is 18.7. The van der Waals surface area contributed by atoms with E-state index in [0.29, 0.717) is 24.7 Å². The average Bonchev–Trinajstić information content (AvgIpc) is 3.21. The summed E-state index contributed by atoms with van der Waals surface area (Å²) in [5.74, 6) is -0.410. The van der Waals surface area contributed by atoms with Gasteiger partial charge in [-0.15, -0.1) is 0 Å². The van der Waals surface area contributed by atoms with E-state index in [1.165, 1.54) is 32.1 Å². The third kappa shape index (κ3) is 5.19. The molecular weight excluding hydrogens is 400 g/mol. The Hall–Kier alpha value is -3.12. The molecule has 3 N–H and O–H groups in total. The van der Waals surface area contributed by atoms with Crippen molar-refractivity contribution in [3.8, 4) is 11.1 Å². The number of aromatic nitrogens is 1. The number of carbonyl (C=O) groups excluding carboxylic acids is 2. The number of amides is 2. The van der Waals surface area contributed by atoms with Crippen LogP contribution in [-0.2, 0) is 11.3 Å². The molecule has 2 amide bonds. The fraction of sp³-hybridized carbons (Fsp3) is 0.385. The number of nitrogens with zero attached hydrogens (tertiary/aromatic N) is 2. The third-order valence-electron chi connectivity index (χ3n) is 6.58. The predicted octanol–water partition coefficient (Wildman–Crippen LogP) is 3.79. The molecule has 6 heteroatoms. The van der Waals surface area contributed by atoms with Gasteiger partial charge in [0, 0.05) is 36.4 Å². The third-order valence-corrected chi connectivity index (χ3v) is 6.58. The normalized spacial score (nSPS) is 14.7. The van der Waals surface area contributed by atoms with E-state index in [1.807, 2.05) is 35.0 Å². The van der Waals surface area contributed by atoms with Gasteiger partial charge in [-0.05, 0) is 60.7 Å². The second kappa shape index (κ2) is 10.0. The molecule has 1 saturated carbocycles. The Kier molecular flexibility index (Phi) is 6.90. The zero-order valence-electron chi connectivity index (χ0n) is 18.7. The van der Waals surface area contributed by atoms with E-state index < -0.39 is 5.91 Å². The highest BCUT2D eigenvalue weighted by molar-refractivity contribution is 5.93. The molecule has 168 valence electrons. The Balaban J connectivity index is 1.38. The minimum absolute atomic E-state index is 0.0239. The monoisotopic (exact) mass is 432 g/mol. The van der Waals surface area contributed by atoms with Crippen molar-refractivity contribution in [2.45, 2.75) is 44.7 Å². The van der Waals surface area contributed by atoms with E-state index in [0.717, 1.165) is 28.6 Å². The molecule has 0 aliphatic heterocycles. The molecule has 3 aromatic rings. The highest BCUT2D eigenvalue weighted by atomic mass is 16.2. The number of carbonyl (C=O) groups is 2. The van der Waals surface area contributed by atoms with E-state index in [9.17, 15) is 9.59 Å². The number of nitrogens with two attached hydrogens (primary N) is 1. The Morgan fingerprint density at radius 2 is 1.75 bits per heavy atom. The molecule has 1 heterocycles. The van der Waals surface area contributed by atoms with E-state index in [1.54, 1.807) is 12.1 Å². The molecular formula is C26H32N4O2. The van der Waals surface area contributed by atoms with Crippen LogP contribution in [0.2, 0.25) is 0 Å². The molecule has 1 aliphatic rings. The van der Waals surface area contributed by atoms with E-state index in [2.05, 4.69) is 29.4 Å². The molecule has 0 atom stereocenters. The summed E-state index contributed by atoms with van der Waals surface area (Å²) in [7, 11) is 2.17. The summed E-state index contributed by atoms with van der Waals surface area (Å²) in [5, 5.41) is 4.16. The number of fused-ring (bicyclic) bond motifs is 1. The molecule has 2 aromatic carbocycles. The first-order chi connectivity index (χ1) is 15.5. The smallest absolute Gasteiger partial charge is 0.248 e. The molecule has 1 aromatic heterocycles. The molecule has 1 fully saturated rings. The van der Waals surface area contributed by atoms with Crippen molar-refractivity contribution in [3.05, 3.63) is 60.3 Å². The van der Waals surface area contributed by atoms with E-state index in [-0.39, 0.29) is 5.91 Å². The maximum Gasteiger partial charge on any atom is 0.248 e. The van der Waals surface area contributed by atoms with Crippen molar-refractivity contribution in [2.24, 2.45) is 5.73 Å². The summed E-state index contributed by atoms with van der Waals surface area (Å²) in [6, 6.07) is 16.1. The van der Waals surface area contributed by atoms with Crippen molar-refractivity contribution < 1.29 is 9.59 Å². The second-order valence-corrected chi connectivity index (χ2v) is 8.78. The van der Waals surface area contributed by atoms with Crippen LogP contribution < -0.4 is 11.1 Å². The lowest BCUT2D eigenvalue weighted by Gasteiger charge is -2.31. The van der Waals surface area contributed by atoms with Gasteiger partial charge < -0.3 is 20.5 Å². The van der Waals surface area contributed by atoms with E-state index >= 15 is 0 Å². The number of benzene rings is 2. The SMILES string of the molecule is CN(CCNC(=O)Cn1ccc2ccc(-c3ccc(C(N)=O)cc3)cc21)C1CCCCC1. The fourth-order valence-electron chi connectivity index (χ4n) is 4.61. The maximum absolute atomic E-state index is 12.6. The van der Waals surface area contributed by atoms with Gasteiger partial charge in [0.2, 0.25) is 11.8 Å². The molecule has 0 radical (unpaired) electrons. The molecule has 32 heavy (non-hydrogen) atoms. The topological polar surface area (TPSA) is 80.4 Å². The highest BCUT2D eigenvalue weighted by Gasteiger charge is 2.17. The van der Waals surface area contributed by atoms with Crippen molar-refractivity contribution in [3.63, 3.8) is 0 Å². The standard InChI is InChI=1S/C26H32N4O2/c1-29(23-5-3-2-4-6-23)16-14-28-25(31)18-30-15-13-20-9-12-22(17-24(20)30)19-7-10-21(11-8-19)26(27)32/h7-13,15,17,23H,2-6,14,16,18H2,1H3,(H2,27,32)(H,28,31). The van der Waals surface area contributed by atoms with Gasteiger partial charge in [0.25, 0.3) is 0 Å². The van der Waals surface area contributed by atoms with Crippen LogP contribution in [0.25, 0.3) is 22.0 Å². The molecule has 4 rings (SSSR count). The summed E-state index contributed by atoms with van der Waals surface area (Å²) < 4.78 is 1.98. The number of nitrogens with one attached hydrogen (secondary N) is 1. The number of likely N-dealkylation sites (N-methyl/N-ethyl adjacent to an activating group) is 1. The highest BCUT2D eigenvalue weighted by Crippen LogP contribution is 2.26. The van der Waals surface area contributed by atoms with Crippen LogP contribution in [0.4, 0.5) is 0 Å². The van der Waals surface area contributed by atoms with Crippen LogP contribution in [0.5, 0.6) is 0 Å². The van der Waals surface area contributed by atoms with Crippen LogP contribution in [-0.4, -0.2) is 47.5 Å². The Labute approximate surface area is 189 Å². The lowest BCUT2D eigenvalue weighted by Crippen LogP contribution is -2.40. The van der Waals surface area contributed by atoms with Gasteiger partial charge >= 0.3 is 0 Å². The van der Waals surface area contributed by atoms with Crippen molar-refractivity contribution in [2.75, 3.05) is 20.1 Å². The first-order valence-electron chi connectivity index (χ1n) is 11.5. The fourth-order valence-corrected chi connectivity index (χ4v) is 4.61. The van der Waals surface area contributed by atoms with E-state index in [4.69, 9.17) is 5.73 Å². The summed E-state index contributed by atoms with van der Waals surface area (Å²) in [6.45, 7) is 1.84. The van der Waals surface area contributed by atoms with Gasteiger partial charge in [-0.2, -0.15) is 0 Å². The van der Waals surface area contributed by atoms with Crippen molar-refractivity contribution in [1.29, 1.82) is 0 Å². The Morgan fingerprint density at radius 1 is 1.03 bits per heavy atom. The van der Waals surface area contributed by atoms with Crippen LogP contribution in [0.15, 0.2) is 54.7 Å².